The molecule has 0 bridgehead atoms. The molecule has 5 heteroatoms. The number of carbonyl (C=O) groups excluding carboxylic acids is 1. The van der Waals surface area contributed by atoms with Crippen molar-refractivity contribution >= 4 is 23.6 Å². The minimum absolute atomic E-state index is 0.0648. The molecule has 0 radical (unpaired) electrons. The van der Waals surface area contributed by atoms with Crippen LogP contribution in [0.3, 0.4) is 0 Å². The third kappa shape index (κ3) is 12.1. The van der Waals surface area contributed by atoms with Crippen molar-refractivity contribution in [1.29, 1.82) is 0 Å². The van der Waals surface area contributed by atoms with E-state index in [0.717, 1.165) is 22.3 Å². The summed E-state index contributed by atoms with van der Waals surface area (Å²) in [5, 5.41) is 19.1. The molecule has 0 saturated carbocycles. The predicted molar refractivity (Wildman–Crippen MR) is 220 cm³/mol. The summed E-state index contributed by atoms with van der Waals surface area (Å²) in [5.74, 6) is -2.11. The smallest absolute Gasteiger partial charge is 0.357 e. The fraction of sp³-hybridized carbons (Fsp3) is 0.0400. The molecule has 4 nitrogen and oxygen atoms in total. The van der Waals surface area contributed by atoms with Gasteiger partial charge in [0.15, 0.2) is 7.14 Å². The molecule has 0 atom stereocenters. The number of carboxylic acids is 2. The molecule has 0 aliphatic carbocycles. The lowest BCUT2D eigenvalue weighted by atomic mass is 9.95. The van der Waals surface area contributed by atoms with E-state index in [2.05, 4.69) is 128 Å². The Kier molecular flexibility index (Phi) is 14.7. The quantitative estimate of drug-likeness (QED) is 0.0918. The van der Waals surface area contributed by atoms with Gasteiger partial charge in [-0.05, 0) is 124 Å². The van der Waals surface area contributed by atoms with Crippen LogP contribution in [-0.4, -0.2) is 17.0 Å². The molecule has 0 amide bonds. The first-order valence-electron chi connectivity index (χ1n) is 17.7. The number of aryl methyl sites for hydroxylation is 1. The molecular formula is C50H41IO4. The number of carbonyl (C=O) groups is 2. The van der Waals surface area contributed by atoms with Crippen molar-refractivity contribution in [3.63, 3.8) is 0 Å². The summed E-state index contributed by atoms with van der Waals surface area (Å²) < 4.78 is 2.90. The molecule has 0 aliphatic rings. The van der Waals surface area contributed by atoms with Crippen molar-refractivity contribution in [3.8, 4) is 33.4 Å². The molecule has 0 saturated heterocycles. The first-order valence-corrected chi connectivity index (χ1v) is 19.8. The van der Waals surface area contributed by atoms with Gasteiger partial charge in [-0.25, -0.2) is 4.79 Å². The van der Waals surface area contributed by atoms with E-state index < -0.39 is 11.9 Å². The van der Waals surface area contributed by atoms with Crippen molar-refractivity contribution < 1.29 is 41.0 Å². The van der Waals surface area contributed by atoms with Gasteiger partial charge in [0.25, 0.3) is 0 Å². The zero-order valence-electron chi connectivity index (χ0n) is 30.7. The third-order valence-electron chi connectivity index (χ3n) is 8.43. The summed E-state index contributed by atoms with van der Waals surface area (Å²) in [7, 11) is 0. The van der Waals surface area contributed by atoms with E-state index in [1.807, 2.05) is 73.7 Å². The molecular weight excluding hydrogens is 791 g/mol. The van der Waals surface area contributed by atoms with E-state index in [1.54, 1.807) is 6.08 Å². The molecule has 0 aromatic heterocycles. The standard InChI is InChI=1S/C24H18I.C22H18O2.C4H6O2/c1-3-7-19(8-4-1)21-11-15-23(16-12-21)25-24-17-13-22(14-18-24)20-9-5-2-6-10-20;1-16-14-19(12-13-20(16)18-10-6-3-7-11-18)21(22(23)24)15-17-8-4-2-5-9-17;1-3(2)4(5)6/h1-18H;2-15H,1H3,(H,23,24);1H2,2H3,(H,5,6)/q+1;;/p-1. The van der Waals surface area contributed by atoms with Crippen molar-refractivity contribution in [2.24, 2.45) is 0 Å². The van der Waals surface area contributed by atoms with Gasteiger partial charge in [0.2, 0.25) is 0 Å². The lowest BCUT2D eigenvalue weighted by Crippen LogP contribution is -3.61. The van der Waals surface area contributed by atoms with Crippen LogP contribution in [0.15, 0.2) is 200 Å². The Bertz CT molecular complexity index is 2240. The van der Waals surface area contributed by atoms with Gasteiger partial charge in [-0.3, -0.25) is 0 Å². The van der Waals surface area contributed by atoms with Crippen molar-refractivity contribution in [1.82, 2.24) is 0 Å². The lowest BCUT2D eigenvalue weighted by Gasteiger charge is -2.10. The summed E-state index contributed by atoms with van der Waals surface area (Å²) in [4.78, 5) is 21.2. The third-order valence-corrected chi connectivity index (χ3v) is 11.1. The Morgan fingerprint density at radius 1 is 0.564 bits per heavy atom. The highest BCUT2D eigenvalue weighted by Crippen LogP contribution is 2.28. The van der Waals surface area contributed by atoms with Crippen LogP contribution in [0.25, 0.3) is 45.0 Å². The Balaban J connectivity index is 0.000000184. The van der Waals surface area contributed by atoms with Gasteiger partial charge in [0.05, 0.1) is 11.5 Å². The SMILES string of the molecule is C=C(C)C(=O)[O-].Cc1cc(C(=Cc2ccccc2)C(=O)O)ccc1-c1ccccc1.c1ccc(-c2ccc([I+]c3ccc(-c4ccccc4)cc3)cc2)cc1. The average molecular weight is 833 g/mol. The van der Waals surface area contributed by atoms with Crippen LogP contribution >= 0.6 is 0 Å². The second kappa shape index (κ2) is 20.2. The molecule has 55 heavy (non-hydrogen) atoms. The Hall–Kier alpha value is -6.31. The Morgan fingerprint density at radius 2 is 0.945 bits per heavy atom. The van der Waals surface area contributed by atoms with Crippen LogP contribution in [0, 0.1) is 14.1 Å². The highest BCUT2D eigenvalue weighted by molar-refractivity contribution is 6.20. The van der Waals surface area contributed by atoms with Crippen LogP contribution in [0.2, 0.25) is 0 Å². The van der Waals surface area contributed by atoms with E-state index in [0.29, 0.717) is 11.1 Å². The number of hydrogen-bond acceptors (Lipinski definition) is 3. The molecule has 7 aromatic carbocycles. The van der Waals surface area contributed by atoms with E-state index in [1.165, 1.54) is 36.3 Å². The number of benzene rings is 7. The fourth-order valence-electron chi connectivity index (χ4n) is 5.56. The summed E-state index contributed by atoms with van der Waals surface area (Å²) in [5.41, 5.74) is 10.4. The van der Waals surface area contributed by atoms with E-state index in [-0.39, 0.29) is 26.8 Å². The van der Waals surface area contributed by atoms with E-state index >= 15 is 0 Å². The molecule has 1 N–H and O–H groups in total. The summed E-state index contributed by atoms with van der Waals surface area (Å²) in [6.07, 6.45) is 1.71. The zero-order valence-corrected chi connectivity index (χ0v) is 32.9. The van der Waals surface area contributed by atoms with Gasteiger partial charge in [0.1, 0.15) is 0 Å². The molecule has 7 rings (SSSR count). The summed E-state index contributed by atoms with van der Waals surface area (Å²) in [6.45, 7) is 6.48. The van der Waals surface area contributed by atoms with Crippen LogP contribution in [0.5, 0.6) is 0 Å². The van der Waals surface area contributed by atoms with Gasteiger partial charge in [0, 0.05) is 0 Å². The predicted octanol–water partition coefficient (Wildman–Crippen LogP) is 7.75. The number of halogens is 1. The molecule has 0 aliphatic heterocycles. The molecule has 0 fully saturated rings. The minimum atomic E-state index is -1.19. The lowest BCUT2D eigenvalue weighted by molar-refractivity contribution is -0.597. The maximum atomic E-state index is 11.7. The van der Waals surface area contributed by atoms with Gasteiger partial charge in [-0.2, -0.15) is 0 Å². The number of carboxylic acid groups (broad SMARTS) is 2. The molecule has 0 spiro atoms. The first kappa shape index (κ1) is 39.9. The van der Waals surface area contributed by atoms with E-state index in [4.69, 9.17) is 0 Å². The monoisotopic (exact) mass is 832 g/mol. The maximum absolute atomic E-state index is 11.7. The number of hydrogen-bond donors (Lipinski definition) is 1. The molecule has 0 heterocycles. The highest BCUT2D eigenvalue weighted by Gasteiger charge is 2.16. The zero-order chi connectivity index (χ0) is 39.0. The van der Waals surface area contributed by atoms with Gasteiger partial charge in [-0.15, -0.1) is 0 Å². The van der Waals surface area contributed by atoms with Crippen LogP contribution < -0.4 is 26.3 Å². The van der Waals surface area contributed by atoms with Gasteiger partial charge >= 0.3 is 27.2 Å². The molecule has 272 valence electrons. The summed E-state index contributed by atoms with van der Waals surface area (Å²) in [6, 6.07) is 64.6. The normalized spacial score (nSPS) is 10.5. The van der Waals surface area contributed by atoms with Gasteiger partial charge in [-0.1, -0.05) is 146 Å². The highest BCUT2D eigenvalue weighted by atomic mass is 127. The largest absolute Gasteiger partial charge is 0.545 e. The van der Waals surface area contributed by atoms with Crippen LogP contribution in [0.4, 0.5) is 0 Å². The maximum Gasteiger partial charge on any atom is 0.357 e. The number of aliphatic carboxylic acids is 2. The Morgan fingerprint density at radius 3 is 1.33 bits per heavy atom. The fourth-order valence-corrected chi connectivity index (χ4v) is 7.71. The minimum Gasteiger partial charge on any atom is -0.545 e. The first-order chi connectivity index (χ1) is 26.7. The van der Waals surface area contributed by atoms with Crippen LogP contribution in [-0.2, 0) is 9.59 Å². The summed E-state index contributed by atoms with van der Waals surface area (Å²) >= 11 is -0.137. The molecule has 0 unspecified atom stereocenters. The van der Waals surface area contributed by atoms with Crippen LogP contribution in [0.1, 0.15) is 23.6 Å². The topological polar surface area (TPSA) is 77.4 Å². The molecule has 7 aromatic rings. The van der Waals surface area contributed by atoms with Crippen molar-refractivity contribution in [2.45, 2.75) is 13.8 Å². The second-order valence-corrected chi connectivity index (χ2v) is 15.6. The van der Waals surface area contributed by atoms with Gasteiger partial charge < -0.3 is 15.0 Å². The van der Waals surface area contributed by atoms with Crippen molar-refractivity contribution in [2.75, 3.05) is 0 Å². The second-order valence-electron chi connectivity index (χ2n) is 12.6. The average Bonchev–Trinajstić information content (AvgIpc) is 3.22. The van der Waals surface area contributed by atoms with E-state index in [9.17, 15) is 19.8 Å². The van der Waals surface area contributed by atoms with Crippen molar-refractivity contribution in [3.05, 3.63) is 224 Å². The number of rotatable bonds is 9. The Labute approximate surface area is 334 Å².